The largest absolute Gasteiger partial charge is 1.00 e. The van der Waals surface area contributed by atoms with Gasteiger partial charge in [0.2, 0.25) is 0 Å². The third-order valence-electron chi connectivity index (χ3n) is 6.72. The predicted molar refractivity (Wildman–Crippen MR) is 125 cm³/mol. The molecule has 0 fully saturated rings. The van der Waals surface area contributed by atoms with Crippen molar-refractivity contribution in [3.63, 3.8) is 0 Å². The number of hydrogen-bond acceptors (Lipinski definition) is 3. The van der Waals surface area contributed by atoms with Crippen molar-refractivity contribution in [1.29, 1.82) is 0 Å². The first kappa shape index (κ1) is 24.7. The van der Waals surface area contributed by atoms with E-state index in [1.54, 1.807) is 18.8 Å². The molecule has 3 nitrogen and oxygen atoms in total. The van der Waals surface area contributed by atoms with Gasteiger partial charge in [-0.15, -0.1) is 0 Å². The van der Waals surface area contributed by atoms with Crippen molar-refractivity contribution >= 4 is 15.4 Å². The van der Waals surface area contributed by atoms with E-state index < -0.39 is 19.8 Å². The average Bonchev–Trinajstić information content (AvgIpc) is 3.67. The van der Waals surface area contributed by atoms with Gasteiger partial charge >= 0.3 is 192 Å². The molecule has 0 radical (unpaired) electrons. The van der Waals surface area contributed by atoms with E-state index in [9.17, 15) is 0 Å². The van der Waals surface area contributed by atoms with Crippen LogP contribution in [-0.2, 0) is 19.8 Å². The summed E-state index contributed by atoms with van der Waals surface area (Å²) in [6.07, 6.45) is 22.7. The smallest absolute Gasteiger partial charge is 1.00 e. The number of furan rings is 3. The molecule has 6 rings (SSSR count). The predicted octanol–water partition coefficient (Wildman–Crippen LogP) is 1.34. The molecule has 3 aromatic rings. The molecule has 1 unspecified atom stereocenters. The first-order valence-corrected chi connectivity index (χ1v) is 16.3. The van der Waals surface area contributed by atoms with Crippen molar-refractivity contribution in [3.05, 3.63) is 125 Å². The maximum atomic E-state index is 5.88. The Morgan fingerprint density at radius 1 is 0.765 bits per heavy atom. The van der Waals surface area contributed by atoms with Crippen LogP contribution in [0.2, 0.25) is 0 Å². The second kappa shape index (κ2) is 10.1. The Kier molecular flexibility index (Phi) is 7.33. The second-order valence-corrected chi connectivity index (χ2v) is 17.2. The summed E-state index contributed by atoms with van der Waals surface area (Å²) in [5.74, 6) is 2.94. The molecule has 6 heteroatoms. The van der Waals surface area contributed by atoms with Gasteiger partial charge in [0.05, 0.1) is 0 Å². The number of hydrogen-bond donors (Lipinski definition) is 0. The first-order valence-electron chi connectivity index (χ1n) is 10.9. The molecule has 3 aromatic heterocycles. The first-order chi connectivity index (χ1) is 15.8. The van der Waals surface area contributed by atoms with E-state index >= 15 is 0 Å². The van der Waals surface area contributed by atoms with Crippen LogP contribution in [0.25, 0.3) is 11.1 Å². The minimum Gasteiger partial charge on any atom is -1.00 e. The molecule has 34 heavy (non-hydrogen) atoms. The molecule has 3 heterocycles. The molecule has 3 aliphatic rings. The molecule has 0 aromatic carbocycles. The zero-order valence-corrected chi connectivity index (χ0v) is 22.4. The normalized spacial score (nSPS) is 18.6. The van der Waals surface area contributed by atoms with Crippen LogP contribution in [0.1, 0.15) is 36.0 Å². The van der Waals surface area contributed by atoms with Gasteiger partial charge in [-0.1, -0.05) is 0 Å². The van der Waals surface area contributed by atoms with Gasteiger partial charge < -0.3 is 24.8 Å². The molecule has 0 N–H and O–H groups in total. The van der Waals surface area contributed by atoms with Crippen molar-refractivity contribution < 1.29 is 57.8 Å². The van der Waals surface area contributed by atoms with Crippen molar-refractivity contribution in [2.75, 3.05) is 0 Å². The zero-order valence-electron chi connectivity index (χ0n) is 18.4. The Bertz CT molecular complexity index is 1310. The van der Waals surface area contributed by atoms with E-state index in [1.807, 2.05) is 18.2 Å². The Morgan fingerprint density at radius 3 is 1.82 bits per heavy atom. The monoisotopic (exact) mass is 567 g/mol. The van der Waals surface area contributed by atoms with Crippen LogP contribution < -0.4 is 24.8 Å². The fourth-order valence-electron chi connectivity index (χ4n) is 5.28. The summed E-state index contributed by atoms with van der Waals surface area (Å²) in [6.45, 7) is 0. The maximum absolute atomic E-state index is 5.88. The molecular formula is C28H23Cl2O3Zr. The van der Waals surface area contributed by atoms with Crippen molar-refractivity contribution in [2.45, 2.75) is 18.8 Å². The summed E-state index contributed by atoms with van der Waals surface area (Å²) in [4.78, 5) is 0. The molecule has 0 aliphatic heterocycles. The van der Waals surface area contributed by atoms with Gasteiger partial charge in [-0.3, -0.25) is 0 Å². The van der Waals surface area contributed by atoms with Gasteiger partial charge in [0.25, 0.3) is 0 Å². The summed E-state index contributed by atoms with van der Waals surface area (Å²) in [5.41, 5.74) is 2.40. The van der Waals surface area contributed by atoms with E-state index in [4.69, 9.17) is 17.5 Å². The fraction of sp³-hybridized carbons (Fsp3) is 0.107. The Balaban J connectivity index is 0.00000137. The average molecular weight is 570 g/mol. The molecule has 0 saturated carbocycles. The molecule has 0 spiro atoms. The van der Waals surface area contributed by atoms with Crippen molar-refractivity contribution in [2.24, 2.45) is 0 Å². The minimum atomic E-state index is -3.64. The minimum absolute atomic E-state index is 0. The summed E-state index contributed by atoms with van der Waals surface area (Å²) < 4.78 is 27.1. The van der Waals surface area contributed by atoms with Gasteiger partial charge in [0, 0.05) is 0 Å². The Hall–Kier alpha value is -2.39. The quantitative estimate of drug-likeness (QED) is 0.450. The van der Waals surface area contributed by atoms with E-state index in [0.717, 1.165) is 30.1 Å². The second-order valence-electron chi connectivity index (χ2n) is 8.36. The third kappa shape index (κ3) is 3.92. The van der Waals surface area contributed by atoms with Crippen LogP contribution in [0, 0.1) is 0 Å². The standard InChI is InChI=1S/3C9H7O.CH2.2ClH.Zr/c3*1-2-5-8(4-1)9-6-3-7-10-9;;;;/h2*1,3-4,6-7H,2H2;1-4,6-8H;1H2;2*1H;/q;;;;;;+2/p-2. The van der Waals surface area contributed by atoms with E-state index in [0.29, 0.717) is 0 Å². The van der Waals surface area contributed by atoms with Gasteiger partial charge in [0.1, 0.15) is 0 Å². The fourth-order valence-corrected chi connectivity index (χ4v) is 16.3. The van der Waals surface area contributed by atoms with Crippen molar-refractivity contribution in [3.8, 4) is 0 Å². The number of rotatable bonds is 6. The SMILES string of the molecule is [CH2]=[Zr+2]([C]1=CC=CC1c1ccco1)([C]1=C(c2ccco2)C=CC1)[C]1=C(c2ccco2)C=CC1.[Cl-].[Cl-]. The molecule has 0 saturated heterocycles. The summed E-state index contributed by atoms with van der Waals surface area (Å²) in [5, 5.41) is 0. The molecule has 0 bridgehead atoms. The van der Waals surface area contributed by atoms with Crippen LogP contribution in [-0.4, -0.2) is 4.21 Å². The van der Waals surface area contributed by atoms with Crippen molar-refractivity contribution in [1.82, 2.24) is 0 Å². The van der Waals surface area contributed by atoms with Gasteiger partial charge in [-0.05, 0) is 0 Å². The number of halogens is 2. The Labute approximate surface area is 215 Å². The van der Waals surface area contributed by atoms with Crippen LogP contribution >= 0.6 is 0 Å². The molecular weight excluding hydrogens is 546 g/mol. The molecule has 0 amide bonds. The van der Waals surface area contributed by atoms with E-state index in [-0.39, 0.29) is 30.7 Å². The summed E-state index contributed by atoms with van der Waals surface area (Å²) in [6, 6.07) is 12.1. The number of allylic oxidation sites excluding steroid dienone is 12. The molecule has 171 valence electrons. The topological polar surface area (TPSA) is 39.4 Å². The van der Waals surface area contributed by atoms with Crippen LogP contribution in [0.5, 0.6) is 0 Å². The van der Waals surface area contributed by atoms with Crippen LogP contribution in [0.3, 0.4) is 0 Å². The Morgan fingerprint density at radius 2 is 1.32 bits per heavy atom. The summed E-state index contributed by atoms with van der Waals surface area (Å²) >= 11 is -3.64. The van der Waals surface area contributed by atoms with Gasteiger partial charge in [-0.2, -0.15) is 0 Å². The zero-order chi connectivity index (χ0) is 21.5. The summed E-state index contributed by atoms with van der Waals surface area (Å²) in [7, 11) is 0. The van der Waals surface area contributed by atoms with Crippen LogP contribution in [0.15, 0.2) is 121 Å². The van der Waals surface area contributed by atoms with Gasteiger partial charge in [0.15, 0.2) is 0 Å². The van der Waals surface area contributed by atoms with E-state index in [1.165, 1.54) is 21.0 Å². The van der Waals surface area contributed by atoms with E-state index in [2.05, 4.69) is 60.7 Å². The molecule has 1 atom stereocenters. The maximum Gasteiger partial charge on any atom is -1.00 e. The van der Waals surface area contributed by atoms with Gasteiger partial charge in [-0.25, -0.2) is 0 Å². The molecule has 3 aliphatic carbocycles. The third-order valence-corrected chi connectivity index (χ3v) is 17.7. The van der Waals surface area contributed by atoms with Crippen LogP contribution in [0.4, 0.5) is 0 Å².